The number of methoxy groups -OCH3 is 1. The third-order valence-electron chi connectivity index (χ3n) is 4.43. The minimum Gasteiger partial charge on any atom is -0.496 e. The summed E-state index contributed by atoms with van der Waals surface area (Å²) in [4.78, 5) is 28.2. The van der Waals surface area contributed by atoms with Gasteiger partial charge in [-0.05, 0) is 25.0 Å². The summed E-state index contributed by atoms with van der Waals surface area (Å²) >= 11 is 0. The fourth-order valence-corrected chi connectivity index (χ4v) is 3.01. The van der Waals surface area contributed by atoms with Crippen molar-refractivity contribution in [2.24, 2.45) is 5.92 Å². The molecule has 25 heavy (non-hydrogen) atoms. The first-order valence-electron chi connectivity index (χ1n) is 8.79. The topological polar surface area (TPSA) is 49.9 Å². The number of benzene rings is 1. The van der Waals surface area contributed by atoms with Crippen molar-refractivity contribution in [2.75, 3.05) is 33.3 Å². The molecule has 0 aliphatic carbocycles. The number of para-hydroxylation sites is 1. The fourth-order valence-electron chi connectivity index (χ4n) is 3.01. The first-order chi connectivity index (χ1) is 11.9. The summed E-state index contributed by atoms with van der Waals surface area (Å²) in [5.74, 6) is 1.02. The van der Waals surface area contributed by atoms with Crippen molar-refractivity contribution in [3.63, 3.8) is 0 Å². The van der Waals surface area contributed by atoms with Gasteiger partial charge in [0.2, 0.25) is 11.8 Å². The van der Waals surface area contributed by atoms with Crippen molar-refractivity contribution >= 4 is 11.8 Å². The van der Waals surface area contributed by atoms with E-state index < -0.39 is 0 Å². The first kappa shape index (κ1) is 19.0. The number of carbonyl (C=O) groups is 2. The molecule has 0 spiro atoms. The van der Waals surface area contributed by atoms with E-state index in [1.807, 2.05) is 54.8 Å². The monoisotopic (exact) mass is 344 g/mol. The second-order valence-electron chi connectivity index (χ2n) is 6.78. The van der Waals surface area contributed by atoms with Crippen LogP contribution in [0.15, 0.2) is 35.9 Å². The van der Waals surface area contributed by atoms with E-state index in [9.17, 15) is 9.59 Å². The molecule has 0 aromatic heterocycles. The predicted octanol–water partition coefficient (Wildman–Crippen LogP) is 2.51. The van der Waals surface area contributed by atoms with Crippen molar-refractivity contribution in [1.29, 1.82) is 0 Å². The molecule has 1 fully saturated rings. The minimum absolute atomic E-state index is 0.00486. The fraction of sp³-hybridized carbons (Fsp3) is 0.500. The standard InChI is InChI=1S/C20H28N2O3/c1-15(2)20(24)22-11-9-21(10-12-22)19(23)14-16(3)13-17-7-5-6-8-18(17)25-4/h5-8,14-15H,9-13H2,1-4H3/b16-14-. The van der Waals surface area contributed by atoms with Gasteiger partial charge in [0.15, 0.2) is 0 Å². The number of piperazine rings is 1. The number of rotatable bonds is 5. The van der Waals surface area contributed by atoms with Crippen LogP contribution in [-0.4, -0.2) is 54.9 Å². The van der Waals surface area contributed by atoms with Crippen LogP contribution < -0.4 is 4.74 Å². The van der Waals surface area contributed by atoms with Gasteiger partial charge in [0, 0.05) is 38.2 Å². The average Bonchev–Trinajstić information content (AvgIpc) is 2.61. The SMILES string of the molecule is COc1ccccc1C/C(C)=C\C(=O)N1CCN(C(=O)C(C)C)CC1. The Morgan fingerprint density at radius 2 is 1.72 bits per heavy atom. The van der Waals surface area contributed by atoms with E-state index in [0.717, 1.165) is 16.9 Å². The predicted molar refractivity (Wildman–Crippen MR) is 98.5 cm³/mol. The van der Waals surface area contributed by atoms with Crippen molar-refractivity contribution in [3.8, 4) is 5.75 Å². The summed E-state index contributed by atoms with van der Waals surface area (Å²) in [5.41, 5.74) is 2.06. The maximum Gasteiger partial charge on any atom is 0.246 e. The van der Waals surface area contributed by atoms with Gasteiger partial charge in [0.05, 0.1) is 7.11 Å². The van der Waals surface area contributed by atoms with E-state index >= 15 is 0 Å². The molecule has 2 rings (SSSR count). The van der Waals surface area contributed by atoms with E-state index in [4.69, 9.17) is 4.74 Å². The molecule has 1 saturated heterocycles. The smallest absolute Gasteiger partial charge is 0.246 e. The number of hydrogen-bond donors (Lipinski definition) is 0. The Morgan fingerprint density at radius 3 is 2.32 bits per heavy atom. The van der Waals surface area contributed by atoms with Gasteiger partial charge in [-0.3, -0.25) is 9.59 Å². The number of carbonyl (C=O) groups excluding carboxylic acids is 2. The van der Waals surface area contributed by atoms with Crippen LogP contribution in [0.5, 0.6) is 5.75 Å². The molecule has 0 bridgehead atoms. The lowest BCUT2D eigenvalue weighted by Gasteiger charge is -2.35. The van der Waals surface area contributed by atoms with Gasteiger partial charge < -0.3 is 14.5 Å². The van der Waals surface area contributed by atoms with Crippen molar-refractivity contribution in [3.05, 3.63) is 41.5 Å². The first-order valence-corrected chi connectivity index (χ1v) is 8.79. The Morgan fingerprint density at radius 1 is 1.12 bits per heavy atom. The van der Waals surface area contributed by atoms with Gasteiger partial charge in [0.1, 0.15) is 5.75 Å². The highest BCUT2D eigenvalue weighted by Gasteiger charge is 2.24. The molecule has 1 heterocycles. The van der Waals surface area contributed by atoms with Crippen LogP contribution in [-0.2, 0) is 16.0 Å². The molecular formula is C20H28N2O3. The zero-order valence-corrected chi connectivity index (χ0v) is 15.6. The van der Waals surface area contributed by atoms with Gasteiger partial charge in [-0.2, -0.15) is 0 Å². The van der Waals surface area contributed by atoms with E-state index in [1.54, 1.807) is 13.2 Å². The Bertz CT molecular complexity index is 644. The molecular weight excluding hydrogens is 316 g/mol. The average molecular weight is 344 g/mol. The lowest BCUT2D eigenvalue weighted by atomic mass is 10.0. The number of nitrogens with zero attached hydrogens (tertiary/aromatic N) is 2. The van der Waals surface area contributed by atoms with Crippen LogP contribution in [0.2, 0.25) is 0 Å². The van der Waals surface area contributed by atoms with Crippen LogP contribution >= 0.6 is 0 Å². The van der Waals surface area contributed by atoms with Crippen LogP contribution in [0.1, 0.15) is 26.3 Å². The molecule has 1 aromatic carbocycles. The lowest BCUT2D eigenvalue weighted by Crippen LogP contribution is -2.51. The molecule has 0 N–H and O–H groups in total. The van der Waals surface area contributed by atoms with Gasteiger partial charge in [-0.15, -0.1) is 0 Å². The summed E-state index contributed by atoms with van der Waals surface area (Å²) in [6, 6.07) is 7.84. The Hall–Kier alpha value is -2.30. The molecule has 1 aliphatic heterocycles. The number of ether oxygens (including phenoxy) is 1. The van der Waals surface area contributed by atoms with Crippen LogP contribution in [0.4, 0.5) is 0 Å². The van der Waals surface area contributed by atoms with Gasteiger partial charge in [-0.25, -0.2) is 0 Å². The van der Waals surface area contributed by atoms with E-state index in [-0.39, 0.29) is 17.7 Å². The highest BCUT2D eigenvalue weighted by atomic mass is 16.5. The molecule has 0 unspecified atom stereocenters. The maximum atomic E-state index is 12.5. The van der Waals surface area contributed by atoms with Crippen LogP contribution in [0.25, 0.3) is 0 Å². The number of hydrogen-bond acceptors (Lipinski definition) is 3. The van der Waals surface area contributed by atoms with Crippen molar-refractivity contribution in [2.45, 2.75) is 27.2 Å². The molecule has 5 heteroatoms. The molecule has 2 amide bonds. The summed E-state index contributed by atoms with van der Waals surface area (Å²) in [7, 11) is 1.65. The molecule has 0 atom stereocenters. The third kappa shape index (κ3) is 5.08. The Kier molecular flexibility index (Phi) is 6.62. The van der Waals surface area contributed by atoms with E-state index in [1.165, 1.54) is 0 Å². The molecule has 1 aromatic rings. The largest absolute Gasteiger partial charge is 0.496 e. The van der Waals surface area contributed by atoms with Gasteiger partial charge in [0.25, 0.3) is 0 Å². The molecule has 136 valence electrons. The van der Waals surface area contributed by atoms with Gasteiger partial charge >= 0.3 is 0 Å². The normalized spacial score (nSPS) is 15.5. The Balaban J connectivity index is 1.93. The second kappa shape index (κ2) is 8.70. The summed E-state index contributed by atoms with van der Waals surface area (Å²) < 4.78 is 5.36. The van der Waals surface area contributed by atoms with Crippen LogP contribution in [0.3, 0.4) is 0 Å². The van der Waals surface area contributed by atoms with E-state index in [0.29, 0.717) is 32.6 Å². The highest BCUT2D eigenvalue weighted by Crippen LogP contribution is 2.20. The highest BCUT2D eigenvalue weighted by molar-refractivity contribution is 5.88. The zero-order valence-electron chi connectivity index (χ0n) is 15.6. The van der Waals surface area contributed by atoms with E-state index in [2.05, 4.69) is 0 Å². The lowest BCUT2D eigenvalue weighted by molar-refractivity contribution is -0.139. The van der Waals surface area contributed by atoms with Crippen molar-refractivity contribution < 1.29 is 14.3 Å². The zero-order chi connectivity index (χ0) is 18.4. The third-order valence-corrected chi connectivity index (χ3v) is 4.43. The molecule has 5 nitrogen and oxygen atoms in total. The maximum absolute atomic E-state index is 12.5. The molecule has 1 aliphatic rings. The minimum atomic E-state index is 0.00486. The number of amides is 2. The van der Waals surface area contributed by atoms with Gasteiger partial charge in [-0.1, -0.05) is 37.6 Å². The summed E-state index contributed by atoms with van der Waals surface area (Å²) in [6.45, 7) is 8.19. The quantitative estimate of drug-likeness (QED) is 0.771. The summed E-state index contributed by atoms with van der Waals surface area (Å²) in [6.07, 6.45) is 2.38. The molecule has 0 saturated carbocycles. The van der Waals surface area contributed by atoms with Crippen LogP contribution in [0, 0.1) is 5.92 Å². The van der Waals surface area contributed by atoms with Crippen molar-refractivity contribution in [1.82, 2.24) is 9.80 Å². The molecule has 0 radical (unpaired) electrons. The summed E-state index contributed by atoms with van der Waals surface area (Å²) in [5, 5.41) is 0. The number of allylic oxidation sites excluding steroid dienone is 1. The second-order valence-corrected chi connectivity index (χ2v) is 6.78. The Labute approximate surface area is 150 Å².